The number of hydrogen-bond donors (Lipinski definition) is 0. The number of hydrogen-bond acceptors (Lipinski definition) is 4. The topological polar surface area (TPSA) is 38.5 Å². The molecule has 1 aliphatic rings. The van der Waals surface area contributed by atoms with Crippen molar-refractivity contribution >= 4 is 0 Å². The van der Waals surface area contributed by atoms with Crippen molar-refractivity contribution in [2.24, 2.45) is 0 Å². The summed E-state index contributed by atoms with van der Waals surface area (Å²) in [4.78, 5) is 2.35. The van der Waals surface area contributed by atoms with Gasteiger partial charge >= 0.3 is 0 Å². The summed E-state index contributed by atoms with van der Waals surface area (Å²) in [6.45, 7) is 3.40. The number of ether oxygens (including phenoxy) is 1. The summed E-state index contributed by atoms with van der Waals surface area (Å²) < 4.78 is 38.2. The minimum Gasteiger partial charge on any atom is -0.476 e. The molecule has 32 heavy (non-hydrogen) atoms. The summed E-state index contributed by atoms with van der Waals surface area (Å²) in [7, 11) is 2.13. The predicted molar refractivity (Wildman–Crippen MR) is 120 cm³/mol. The van der Waals surface area contributed by atoms with Crippen molar-refractivity contribution in [3.05, 3.63) is 82.6 Å². The molecule has 1 heterocycles. The Hall–Kier alpha value is -2.73. The first kappa shape index (κ1) is 22.5. The monoisotopic (exact) mass is 440 g/mol. The van der Waals surface area contributed by atoms with Crippen molar-refractivity contribution in [1.29, 1.82) is 0 Å². The first-order chi connectivity index (χ1) is 15.6. The maximum absolute atomic E-state index is 13.5. The molecule has 2 aromatic carbocycles. The molecule has 6 heteroatoms. The molecule has 0 saturated carbocycles. The van der Waals surface area contributed by atoms with Crippen LogP contribution in [0, 0.1) is 11.6 Å². The van der Waals surface area contributed by atoms with Gasteiger partial charge in [0.15, 0.2) is 0 Å². The number of benzene rings is 2. The normalized spacial score (nSPS) is 15.9. The SMILES string of the molecule is CCOc1noc2c1[C@@H](N(C)CCCC(c1ccc(F)cc1)c1ccc(F)cc1)CCC2. The molecular weight excluding hydrogens is 410 g/mol. The molecule has 0 fully saturated rings. The summed E-state index contributed by atoms with van der Waals surface area (Å²) in [6, 6.07) is 13.5. The van der Waals surface area contributed by atoms with Crippen LogP contribution in [0.25, 0.3) is 0 Å². The van der Waals surface area contributed by atoms with E-state index in [1.807, 2.05) is 31.2 Å². The van der Waals surface area contributed by atoms with Crippen LogP contribution in [0.2, 0.25) is 0 Å². The Balaban J connectivity index is 1.46. The van der Waals surface area contributed by atoms with Crippen LogP contribution in [0.3, 0.4) is 0 Å². The maximum Gasteiger partial charge on any atom is 0.259 e. The van der Waals surface area contributed by atoms with Crippen LogP contribution in [0.4, 0.5) is 8.78 Å². The number of fused-ring (bicyclic) bond motifs is 1. The van der Waals surface area contributed by atoms with Crippen LogP contribution in [0.1, 0.15) is 67.0 Å². The number of aromatic nitrogens is 1. The van der Waals surface area contributed by atoms with Gasteiger partial charge < -0.3 is 9.26 Å². The van der Waals surface area contributed by atoms with Gasteiger partial charge in [-0.15, -0.1) is 0 Å². The molecule has 0 radical (unpaired) electrons. The van der Waals surface area contributed by atoms with Crippen LogP contribution in [0.15, 0.2) is 53.1 Å². The smallest absolute Gasteiger partial charge is 0.259 e. The van der Waals surface area contributed by atoms with Crippen LogP contribution < -0.4 is 4.74 Å². The molecule has 1 aromatic heterocycles. The van der Waals surface area contributed by atoms with E-state index in [4.69, 9.17) is 9.26 Å². The van der Waals surface area contributed by atoms with Gasteiger partial charge in [0.05, 0.1) is 12.2 Å². The molecular formula is C26H30F2N2O2. The Labute approximate surface area is 188 Å². The zero-order valence-corrected chi connectivity index (χ0v) is 18.7. The van der Waals surface area contributed by atoms with Crippen molar-refractivity contribution in [2.75, 3.05) is 20.2 Å². The number of rotatable bonds is 9. The molecule has 1 atom stereocenters. The largest absolute Gasteiger partial charge is 0.476 e. The van der Waals surface area contributed by atoms with Gasteiger partial charge in [0.25, 0.3) is 5.88 Å². The molecule has 0 bridgehead atoms. The molecule has 4 rings (SSSR count). The number of halogens is 2. The van der Waals surface area contributed by atoms with E-state index in [0.717, 1.165) is 61.1 Å². The molecule has 4 nitrogen and oxygen atoms in total. The zero-order chi connectivity index (χ0) is 22.5. The summed E-state index contributed by atoms with van der Waals surface area (Å²) in [5, 5.41) is 4.14. The molecule has 0 amide bonds. The molecule has 1 aliphatic carbocycles. The minimum atomic E-state index is -0.252. The van der Waals surface area contributed by atoms with E-state index in [-0.39, 0.29) is 23.6 Å². The maximum atomic E-state index is 13.5. The zero-order valence-electron chi connectivity index (χ0n) is 18.7. The molecule has 0 spiro atoms. The van der Waals surface area contributed by atoms with Gasteiger partial charge in [0, 0.05) is 18.4 Å². The molecule has 0 unspecified atom stereocenters. The molecule has 3 aromatic rings. The highest BCUT2D eigenvalue weighted by atomic mass is 19.1. The van der Waals surface area contributed by atoms with Crippen LogP contribution in [-0.4, -0.2) is 30.3 Å². The third-order valence-corrected chi connectivity index (χ3v) is 6.35. The summed E-state index contributed by atoms with van der Waals surface area (Å²) in [6.07, 6.45) is 4.83. The lowest BCUT2D eigenvalue weighted by molar-refractivity contribution is 0.206. The van der Waals surface area contributed by atoms with E-state index in [1.54, 1.807) is 0 Å². The van der Waals surface area contributed by atoms with Gasteiger partial charge in [-0.3, -0.25) is 4.90 Å². The first-order valence-electron chi connectivity index (χ1n) is 11.4. The van der Waals surface area contributed by atoms with Gasteiger partial charge in [-0.1, -0.05) is 24.3 Å². The van der Waals surface area contributed by atoms with Crippen LogP contribution >= 0.6 is 0 Å². The third kappa shape index (κ3) is 5.01. The second-order valence-electron chi connectivity index (χ2n) is 8.44. The second kappa shape index (κ2) is 10.3. The molecule has 0 saturated heterocycles. The van der Waals surface area contributed by atoms with Crippen molar-refractivity contribution in [3.8, 4) is 5.88 Å². The van der Waals surface area contributed by atoms with Gasteiger partial charge in [0.1, 0.15) is 17.4 Å². The van der Waals surface area contributed by atoms with Crippen LogP contribution in [-0.2, 0) is 6.42 Å². The molecule has 0 N–H and O–H groups in total. The lowest BCUT2D eigenvalue weighted by atomic mass is 9.87. The van der Waals surface area contributed by atoms with E-state index in [0.29, 0.717) is 12.5 Å². The third-order valence-electron chi connectivity index (χ3n) is 6.35. The van der Waals surface area contributed by atoms with Crippen molar-refractivity contribution in [1.82, 2.24) is 10.1 Å². The van der Waals surface area contributed by atoms with Gasteiger partial charge in [-0.2, -0.15) is 0 Å². The van der Waals surface area contributed by atoms with E-state index in [9.17, 15) is 8.78 Å². The lowest BCUT2D eigenvalue weighted by Crippen LogP contribution is -2.28. The lowest BCUT2D eigenvalue weighted by Gasteiger charge is -2.31. The van der Waals surface area contributed by atoms with Crippen molar-refractivity contribution in [3.63, 3.8) is 0 Å². The van der Waals surface area contributed by atoms with Crippen molar-refractivity contribution in [2.45, 2.75) is 51.0 Å². The standard InChI is InChI=1S/C26H30F2N2O2/c1-3-31-26-25-23(7-4-8-24(25)32-29-26)30(2)17-5-6-22(18-9-13-20(27)14-10-18)19-11-15-21(28)16-12-19/h9-16,22-23H,3-8,17H2,1-2H3/t23-/m0/s1. The fourth-order valence-corrected chi connectivity index (χ4v) is 4.72. The quantitative estimate of drug-likeness (QED) is 0.393. The fourth-order valence-electron chi connectivity index (χ4n) is 4.72. The average Bonchev–Trinajstić information content (AvgIpc) is 3.21. The Bertz CT molecular complexity index is 956. The van der Waals surface area contributed by atoms with Gasteiger partial charge in [0.2, 0.25) is 0 Å². The van der Waals surface area contributed by atoms with Crippen LogP contribution in [0.5, 0.6) is 5.88 Å². The van der Waals surface area contributed by atoms with E-state index < -0.39 is 0 Å². The fraction of sp³-hybridized carbons (Fsp3) is 0.423. The Morgan fingerprint density at radius 2 is 1.69 bits per heavy atom. The summed E-state index contributed by atoms with van der Waals surface area (Å²) in [5.41, 5.74) is 3.17. The van der Waals surface area contributed by atoms with E-state index >= 15 is 0 Å². The Kier molecular flexibility index (Phi) is 7.20. The summed E-state index contributed by atoms with van der Waals surface area (Å²) in [5.74, 6) is 1.14. The minimum absolute atomic E-state index is 0.0843. The first-order valence-corrected chi connectivity index (χ1v) is 11.4. The predicted octanol–water partition coefficient (Wildman–Crippen LogP) is 6.27. The van der Waals surface area contributed by atoms with Gasteiger partial charge in [-0.05, 0) is 86.7 Å². The van der Waals surface area contributed by atoms with Crippen molar-refractivity contribution < 1.29 is 18.0 Å². The van der Waals surface area contributed by atoms with E-state index in [1.165, 1.54) is 24.3 Å². The highest BCUT2D eigenvalue weighted by molar-refractivity contribution is 5.34. The molecule has 170 valence electrons. The number of aryl methyl sites for hydroxylation is 1. The Morgan fingerprint density at radius 3 is 2.28 bits per heavy atom. The second-order valence-corrected chi connectivity index (χ2v) is 8.44. The molecule has 0 aliphatic heterocycles. The average molecular weight is 441 g/mol. The highest BCUT2D eigenvalue weighted by Crippen LogP contribution is 2.40. The van der Waals surface area contributed by atoms with Gasteiger partial charge in [-0.25, -0.2) is 8.78 Å². The van der Waals surface area contributed by atoms with E-state index in [2.05, 4.69) is 17.1 Å². The summed E-state index contributed by atoms with van der Waals surface area (Å²) >= 11 is 0. The number of nitrogens with zero attached hydrogens (tertiary/aromatic N) is 2. The Morgan fingerprint density at radius 1 is 1.06 bits per heavy atom. The highest BCUT2D eigenvalue weighted by Gasteiger charge is 2.31.